The molecule has 1 heterocycles. The fourth-order valence-electron chi connectivity index (χ4n) is 0.654. The maximum absolute atomic E-state index is 8.29. The van der Waals surface area contributed by atoms with E-state index in [1.54, 1.807) is 0 Å². The molecule has 1 aromatic heterocycles. The lowest BCUT2D eigenvalue weighted by Crippen LogP contribution is -1.95. The van der Waals surface area contributed by atoms with E-state index in [9.17, 15) is 0 Å². The summed E-state index contributed by atoms with van der Waals surface area (Å²) in [5, 5.41) is 11.9. The van der Waals surface area contributed by atoms with Crippen LogP contribution in [0, 0.1) is 0 Å². The molecule has 0 saturated heterocycles. The summed E-state index contributed by atoms with van der Waals surface area (Å²) in [6, 6.07) is 0. The second kappa shape index (κ2) is 4.64. The molecule has 70 valence electrons. The van der Waals surface area contributed by atoms with Crippen LogP contribution in [0.25, 0.3) is 0 Å². The summed E-state index contributed by atoms with van der Waals surface area (Å²) >= 11 is 12.8. The monoisotopic (exact) mass is 237 g/mol. The average Bonchev–Trinajstić information content (AvgIpc) is 2.11. The molecule has 0 spiro atoms. The van der Waals surface area contributed by atoms with Crippen molar-refractivity contribution in [1.82, 2.24) is 9.97 Å². The van der Waals surface area contributed by atoms with Crippen LogP contribution in [-0.4, -0.2) is 27.6 Å². The number of oxime groups is 1. The molecule has 0 aliphatic heterocycles. The van der Waals surface area contributed by atoms with E-state index >= 15 is 0 Å². The van der Waals surface area contributed by atoms with Gasteiger partial charge in [0.1, 0.15) is 10.3 Å². The first kappa shape index (κ1) is 10.6. The molecule has 1 aromatic rings. The molecule has 0 fully saturated rings. The standard InChI is InChI=1S/C6H5Cl2N3OS/c1-13-6-10-4(7)3(2-9-12)5(8)11-6/h2,12H,1H3/b9-2-. The highest BCUT2D eigenvalue weighted by Crippen LogP contribution is 2.22. The van der Waals surface area contributed by atoms with E-state index in [4.69, 9.17) is 28.4 Å². The lowest BCUT2D eigenvalue weighted by Gasteiger charge is -2.00. The Kier molecular flexibility index (Phi) is 3.77. The van der Waals surface area contributed by atoms with E-state index in [0.717, 1.165) is 6.21 Å². The van der Waals surface area contributed by atoms with Crippen LogP contribution in [0.2, 0.25) is 10.3 Å². The van der Waals surface area contributed by atoms with Crippen LogP contribution >= 0.6 is 35.0 Å². The van der Waals surface area contributed by atoms with Gasteiger partial charge in [0, 0.05) is 0 Å². The zero-order valence-corrected chi connectivity index (χ0v) is 8.86. The number of rotatable bonds is 2. The molecule has 13 heavy (non-hydrogen) atoms. The minimum Gasteiger partial charge on any atom is -0.411 e. The molecule has 1 N–H and O–H groups in total. The van der Waals surface area contributed by atoms with Gasteiger partial charge in [-0.25, -0.2) is 9.97 Å². The fraction of sp³-hybridized carbons (Fsp3) is 0.167. The van der Waals surface area contributed by atoms with Gasteiger partial charge in [-0.05, 0) is 6.26 Å². The van der Waals surface area contributed by atoms with Gasteiger partial charge < -0.3 is 5.21 Å². The molecule has 0 aliphatic carbocycles. The van der Waals surface area contributed by atoms with Gasteiger partial charge in [0.05, 0.1) is 11.8 Å². The summed E-state index contributed by atoms with van der Waals surface area (Å²) in [7, 11) is 0. The van der Waals surface area contributed by atoms with Crippen molar-refractivity contribution < 1.29 is 5.21 Å². The summed E-state index contributed by atoms with van der Waals surface area (Å²) in [4.78, 5) is 7.80. The molecule has 4 nitrogen and oxygen atoms in total. The summed E-state index contributed by atoms with van der Waals surface area (Å²) in [6.45, 7) is 0. The van der Waals surface area contributed by atoms with Crippen LogP contribution in [0.5, 0.6) is 0 Å². The van der Waals surface area contributed by atoms with E-state index in [2.05, 4.69) is 15.1 Å². The van der Waals surface area contributed by atoms with Crippen molar-refractivity contribution in [3.05, 3.63) is 15.9 Å². The molecular weight excluding hydrogens is 233 g/mol. The minimum absolute atomic E-state index is 0.169. The number of aromatic nitrogens is 2. The molecule has 0 unspecified atom stereocenters. The Hall–Kier alpha value is -0.520. The first-order valence-corrected chi connectivity index (χ1v) is 5.11. The Morgan fingerprint density at radius 2 is 1.92 bits per heavy atom. The fourth-order valence-corrected chi connectivity index (χ4v) is 1.60. The molecule has 0 amide bonds. The maximum atomic E-state index is 8.29. The van der Waals surface area contributed by atoms with E-state index in [-0.39, 0.29) is 10.3 Å². The predicted octanol–water partition coefficient (Wildman–Crippen LogP) is 2.31. The topological polar surface area (TPSA) is 58.4 Å². The Morgan fingerprint density at radius 3 is 2.31 bits per heavy atom. The molecule has 0 bridgehead atoms. The number of halogens is 2. The Bertz CT molecular complexity index is 322. The third-order valence-corrected chi connectivity index (χ3v) is 2.33. The first-order chi connectivity index (χ1) is 6.19. The second-order valence-electron chi connectivity index (χ2n) is 1.95. The average molecular weight is 238 g/mol. The van der Waals surface area contributed by atoms with Crippen LogP contribution < -0.4 is 0 Å². The predicted molar refractivity (Wildman–Crippen MR) is 53.2 cm³/mol. The van der Waals surface area contributed by atoms with Crippen molar-refractivity contribution in [2.75, 3.05) is 6.26 Å². The van der Waals surface area contributed by atoms with Gasteiger partial charge in [-0.3, -0.25) is 0 Å². The third-order valence-electron chi connectivity index (χ3n) is 1.20. The van der Waals surface area contributed by atoms with Gasteiger partial charge in [-0.1, -0.05) is 40.1 Å². The van der Waals surface area contributed by atoms with Gasteiger partial charge >= 0.3 is 0 Å². The summed E-state index contributed by atoms with van der Waals surface area (Å²) in [6.07, 6.45) is 2.90. The maximum Gasteiger partial charge on any atom is 0.190 e. The number of hydrogen-bond donors (Lipinski definition) is 1. The summed E-state index contributed by atoms with van der Waals surface area (Å²) in [5.74, 6) is 0. The van der Waals surface area contributed by atoms with Crippen molar-refractivity contribution in [3.8, 4) is 0 Å². The number of nitrogens with zero attached hydrogens (tertiary/aromatic N) is 3. The van der Waals surface area contributed by atoms with Gasteiger partial charge in [0.2, 0.25) is 0 Å². The van der Waals surface area contributed by atoms with E-state index in [1.165, 1.54) is 11.8 Å². The van der Waals surface area contributed by atoms with Gasteiger partial charge in [0.25, 0.3) is 0 Å². The number of hydrogen-bond acceptors (Lipinski definition) is 5. The molecule has 0 saturated carbocycles. The normalized spacial score (nSPS) is 11.0. The molecule has 1 rings (SSSR count). The van der Waals surface area contributed by atoms with Gasteiger partial charge in [-0.2, -0.15) is 0 Å². The summed E-state index contributed by atoms with van der Waals surface area (Å²) < 4.78 is 0. The molecule has 7 heteroatoms. The largest absolute Gasteiger partial charge is 0.411 e. The van der Waals surface area contributed by atoms with Crippen LogP contribution in [0.15, 0.2) is 10.3 Å². The SMILES string of the molecule is CSc1nc(Cl)c(/C=N\O)c(Cl)n1. The van der Waals surface area contributed by atoms with E-state index in [1.807, 2.05) is 6.26 Å². The van der Waals surface area contributed by atoms with Crippen LogP contribution in [0.3, 0.4) is 0 Å². The highest BCUT2D eigenvalue weighted by atomic mass is 35.5. The Labute approximate surface area is 89.0 Å². The van der Waals surface area contributed by atoms with Crippen LogP contribution in [0.4, 0.5) is 0 Å². The van der Waals surface area contributed by atoms with E-state index in [0.29, 0.717) is 10.7 Å². The zero-order valence-electron chi connectivity index (χ0n) is 6.53. The molecule has 0 aromatic carbocycles. The molecular formula is C6H5Cl2N3OS. The lowest BCUT2D eigenvalue weighted by molar-refractivity contribution is 0.322. The van der Waals surface area contributed by atoms with Crippen molar-refractivity contribution >= 4 is 41.2 Å². The van der Waals surface area contributed by atoms with Crippen molar-refractivity contribution in [2.45, 2.75) is 5.16 Å². The van der Waals surface area contributed by atoms with Crippen molar-refractivity contribution in [3.63, 3.8) is 0 Å². The van der Waals surface area contributed by atoms with Gasteiger partial charge in [0.15, 0.2) is 5.16 Å². The van der Waals surface area contributed by atoms with Crippen LogP contribution in [0.1, 0.15) is 5.56 Å². The smallest absolute Gasteiger partial charge is 0.190 e. The molecule has 0 atom stereocenters. The van der Waals surface area contributed by atoms with Crippen LogP contribution in [-0.2, 0) is 0 Å². The highest BCUT2D eigenvalue weighted by Gasteiger charge is 2.08. The quantitative estimate of drug-likeness (QED) is 0.214. The highest BCUT2D eigenvalue weighted by molar-refractivity contribution is 7.98. The second-order valence-corrected chi connectivity index (χ2v) is 3.44. The minimum atomic E-state index is 0.169. The zero-order chi connectivity index (χ0) is 9.84. The Morgan fingerprint density at radius 1 is 1.38 bits per heavy atom. The number of thioether (sulfide) groups is 1. The molecule has 0 radical (unpaired) electrons. The lowest BCUT2D eigenvalue weighted by atomic mass is 10.4. The Balaban J connectivity index is 3.22. The van der Waals surface area contributed by atoms with E-state index < -0.39 is 0 Å². The molecule has 0 aliphatic rings. The third kappa shape index (κ3) is 2.46. The van der Waals surface area contributed by atoms with Crippen molar-refractivity contribution in [2.24, 2.45) is 5.16 Å². The van der Waals surface area contributed by atoms with Crippen molar-refractivity contribution in [1.29, 1.82) is 0 Å². The van der Waals surface area contributed by atoms with Gasteiger partial charge in [-0.15, -0.1) is 0 Å². The summed E-state index contributed by atoms with van der Waals surface area (Å²) in [5.41, 5.74) is 0.309. The first-order valence-electron chi connectivity index (χ1n) is 3.13.